The van der Waals surface area contributed by atoms with E-state index in [-0.39, 0.29) is 5.91 Å². The van der Waals surface area contributed by atoms with Gasteiger partial charge in [0.2, 0.25) is 0 Å². The number of amides is 3. The highest BCUT2D eigenvalue weighted by Gasteiger charge is 2.34. The second kappa shape index (κ2) is 4.78. The fourth-order valence-corrected chi connectivity index (χ4v) is 2.60. The average Bonchev–Trinajstić information content (AvgIpc) is 3.01. The lowest BCUT2D eigenvalue weighted by Crippen LogP contribution is -2.33. The maximum Gasteiger partial charge on any atom is 0.355 e. The third-order valence-electron chi connectivity index (χ3n) is 2.84. The number of anilines is 1. The lowest BCUT2D eigenvalue weighted by atomic mass is 10.1. The summed E-state index contributed by atoms with van der Waals surface area (Å²) in [5.41, 5.74) is 1.86. The van der Waals surface area contributed by atoms with E-state index in [1.165, 1.54) is 0 Å². The Bertz CT molecular complexity index is 647. The molecule has 1 aliphatic rings. The predicted molar refractivity (Wildman–Crippen MR) is 74.8 cm³/mol. The molecule has 0 spiro atoms. The topological polar surface area (TPSA) is 49.7 Å². The van der Waals surface area contributed by atoms with Crippen molar-refractivity contribution in [3.63, 3.8) is 0 Å². The maximum atomic E-state index is 12.2. The van der Waals surface area contributed by atoms with E-state index in [9.17, 15) is 9.59 Å². The molecule has 0 atom stereocenters. The molecular weight excluding hydrogens is 260 g/mol. The van der Waals surface area contributed by atoms with Gasteiger partial charge in [-0.1, -0.05) is 18.2 Å². The second-order valence-electron chi connectivity index (χ2n) is 4.13. The quantitative estimate of drug-likeness (QED) is 0.861. The SMILES string of the molecule is O=C1N=C(Cc2ccsc2)C(=O)N1c1ccccc1. The van der Waals surface area contributed by atoms with Crippen molar-refractivity contribution in [3.05, 3.63) is 52.7 Å². The van der Waals surface area contributed by atoms with Crippen LogP contribution < -0.4 is 4.90 Å². The zero-order valence-corrected chi connectivity index (χ0v) is 10.8. The molecule has 2 aromatic rings. The average molecular weight is 270 g/mol. The number of urea groups is 1. The van der Waals surface area contributed by atoms with Gasteiger partial charge in [0.1, 0.15) is 5.71 Å². The summed E-state index contributed by atoms with van der Waals surface area (Å²) >= 11 is 1.56. The van der Waals surface area contributed by atoms with E-state index in [4.69, 9.17) is 0 Å². The third-order valence-corrected chi connectivity index (χ3v) is 3.57. The van der Waals surface area contributed by atoms with E-state index in [0.717, 1.165) is 10.5 Å². The minimum atomic E-state index is -0.513. The fourth-order valence-electron chi connectivity index (χ4n) is 1.94. The van der Waals surface area contributed by atoms with Gasteiger partial charge in [-0.25, -0.2) is 9.69 Å². The van der Waals surface area contributed by atoms with E-state index in [0.29, 0.717) is 17.8 Å². The number of hydrogen-bond acceptors (Lipinski definition) is 3. The summed E-state index contributed by atoms with van der Waals surface area (Å²) in [6.45, 7) is 0. The molecule has 19 heavy (non-hydrogen) atoms. The number of para-hydroxylation sites is 1. The van der Waals surface area contributed by atoms with Crippen LogP contribution in [0.15, 0.2) is 52.2 Å². The first-order valence-electron chi connectivity index (χ1n) is 5.78. The van der Waals surface area contributed by atoms with Crippen molar-refractivity contribution >= 4 is 34.7 Å². The molecule has 5 heteroatoms. The largest absolute Gasteiger partial charge is 0.355 e. The highest BCUT2D eigenvalue weighted by molar-refractivity contribution is 7.08. The molecule has 0 fully saturated rings. The first-order chi connectivity index (χ1) is 9.25. The summed E-state index contributed by atoms with van der Waals surface area (Å²) in [5, 5.41) is 3.89. The van der Waals surface area contributed by atoms with Crippen molar-refractivity contribution in [2.75, 3.05) is 4.90 Å². The van der Waals surface area contributed by atoms with Crippen LogP contribution in [-0.4, -0.2) is 17.6 Å². The Morgan fingerprint density at radius 3 is 2.58 bits per heavy atom. The standard InChI is InChI=1S/C14H10N2O2S/c17-13-12(8-10-6-7-19-9-10)15-14(18)16(13)11-4-2-1-3-5-11/h1-7,9H,8H2. The van der Waals surface area contributed by atoms with E-state index in [1.54, 1.807) is 35.6 Å². The number of benzene rings is 1. The molecule has 0 aliphatic carbocycles. The zero-order valence-electron chi connectivity index (χ0n) is 9.95. The number of hydrogen-bond donors (Lipinski definition) is 0. The van der Waals surface area contributed by atoms with Crippen LogP contribution in [0.3, 0.4) is 0 Å². The Hall–Kier alpha value is -2.27. The number of thiophene rings is 1. The van der Waals surface area contributed by atoms with Crippen molar-refractivity contribution in [2.24, 2.45) is 4.99 Å². The second-order valence-corrected chi connectivity index (χ2v) is 4.91. The van der Waals surface area contributed by atoms with Gasteiger partial charge < -0.3 is 0 Å². The van der Waals surface area contributed by atoms with E-state index >= 15 is 0 Å². The highest BCUT2D eigenvalue weighted by Crippen LogP contribution is 2.20. The number of carbonyl (C=O) groups excluding carboxylic acids is 2. The number of rotatable bonds is 3. The van der Waals surface area contributed by atoms with Gasteiger partial charge in [-0.15, -0.1) is 0 Å². The smallest absolute Gasteiger partial charge is 0.267 e. The minimum Gasteiger partial charge on any atom is -0.267 e. The highest BCUT2D eigenvalue weighted by atomic mass is 32.1. The van der Waals surface area contributed by atoms with Crippen LogP contribution in [0.5, 0.6) is 0 Å². The summed E-state index contributed by atoms with van der Waals surface area (Å²) in [6, 6.07) is 10.3. The molecule has 0 saturated heterocycles. The lowest BCUT2D eigenvalue weighted by molar-refractivity contribution is -0.111. The normalized spacial score (nSPS) is 14.9. The molecule has 0 saturated carbocycles. The van der Waals surface area contributed by atoms with Crippen LogP contribution in [0.4, 0.5) is 10.5 Å². The molecule has 3 rings (SSSR count). The van der Waals surface area contributed by atoms with Gasteiger partial charge in [0.15, 0.2) is 0 Å². The van der Waals surface area contributed by atoms with Gasteiger partial charge in [0, 0.05) is 6.42 Å². The van der Waals surface area contributed by atoms with E-state index in [1.807, 2.05) is 22.9 Å². The monoisotopic (exact) mass is 270 g/mol. The first kappa shape index (κ1) is 11.8. The molecule has 0 radical (unpaired) electrons. The van der Waals surface area contributed by atoms with E-state index in [2.05, 4.69) is 4.99 Å². The molecule has 2 heterocycles. The molecule has 0 N–H and O–H groups in total. The summed E-state index contributed by atoms with van der Waals surface area (Å²) in [5.74, 6) is -0.331. The Morgan fingerprint density at radius 2 is 1.89 bits per heavy atom. The Morgan fingerprint density at radius 1 is 1.11 bits per heavy atom. The number of carbonyl (C=O) groups is 2. The van der Waals surface area contributed by atoms with Crippen molar-refractivity contribution in [1.29, 1.82) is 0 Å². The third kappa shape index (κ3) is 2.20. The lowest BCUT2D eigenvalue weighted by Gasteiger charge is -2.12. The molecular formula is C14H10N2O2S. The minimum absolute atomic E-state index is 0.298. The summed E-state index contributed by atoms with van der Waals surface area (Å²) in [7, 11) is 0. The number of aliphatic imine (C=N–C) groups is 1. The molecule has 1 aromatic carbocycles. The Balaban J connectivity index is 1.85. The van der Waals surface area contributed by atoms with Gasteiger partial charge in [-0.2, -0.15) is 16.3 Å². The summed E-state index contributed by atoms with van der Waals surface area (Å²) in [6.07, 6.45) is 0.400. The fraction of sp³-hybridized carbons (Fsp3) is 0.0714. The van der Waals surface area contributed by atoms with Crippen molar-refractivity contribution in [2.45, 2.75) is 6.42 Å². The van der Waals surface area contributed by atoms with Crippen LogP contribution in [0.25, 0.3) is 0 Å². The van der Waals surface area contributed by atoms with Crippen LogP contribution in [0.2, 0.25) is 0 Å². The van der Waals surface area contributed by atoms with Crippen LogP contribution in [-0.2, 0) is 11.2 Å². The van der Waals surface area contributed by atoms with Crippen LogP contribution in [0.1, 0.15) is 5.56 Å². The summed E-state index contributed by atoms with van der Waals surface area (Å²) < 4.78 is 0. The molecule has 3 amide bonds. The molecule has 1 aromatic heterocycles. The molecule has 0 unspecified atom stereocenters. The zero-order chi connectivity index (χ0) is 13.2. The predicted octanol–water partition coefficient (Wildman–Crippen LogP) is 2.90. The van der Waals surface area contributed by atoms with Crippen molar-refractivity contribution in [3.8, 4) is 0 Å². The van der Waals surface area contributed by atoms with Crippen molar-refractivity contribution < 1.29 is 9.59 Å². The van der Waals surface area contributed by atoms with Gasteiger partial charge in [0.25, 0.3) is 5.91 Å². The molecule has 94 valence electrons. The molecule has 1 aliphatic heterocycles. The van der Waals surface area contributed by atoms with Gasteiger partial charge >= 0.3 is 6.03 Å². The van der Waals surface area contributed by atoms with Gasteiger partial charge in [0.05, 0.1) is 5.69 Å². The number of nitrogens with zero attached hydrogens (tertiary/aromatic N) is 2. The number of imide groups is 1. The van der Waals surface area contributed by atoms with E-state index < -0.39 is 6.03 Å². The van der Waals surface area contributed by atoms with Gasteiger partial charge in [-0.05, 0) is 34.5 Å². The van der Waals surface area contributed by atoms with Crippen molar-refractivity contribution in [1.82, 2.24) is 0 Å². The van der Waals surface area contributed by atoms with Gasteiger partial charge in [-0.3, -0.25) is 4.79 Å². The maximum absolute atomic E-state index is 12.2. The first-order valence-corrected chi connectivity index (χ1v) is 6.72. The van der Waals surface area contributed by atoms with Crippen LogP contribution in [0, 0.1) is 0 Å². The van der Waals surface area contributed by atoms with Crippen LogP contribution >= 0.6 is 11.3 Å². The summed E-state index contributed by atoms with van der Waals surface area (Å²) in [4.78, 5) is 29.0. The molecule has 4 nitrogen and oxygen atoms in total. The molecule has 0 bridgehead atoms. The Labute approximate surface area is 114 Å². The Kier molecular flexibility index (Phi) is 2.97.